The Hall–Kier alpha value is -1.52. The van der Waals surface area contributed by atoms with Crippen LogP contribution in [0.5, 0.6) is 11.5 Å². The number of thiocarbonyl (C=S) groups is 1. The predicted octanol–water partition coefficient (Wildman–Crippen LogP) is 14.7. The van der Waals surface area contributed by atoms with E-state index in [1.54, 1.807) is 11.8 Å². The van der Waals surface area contributed by atoms with Gasteiger partial charge in [0, 0.05) is 17.5 Å². The standard InChI is InChI=1S/C43H70O2S2/c1-11-13-14-15-16-17-18-19-20-21-22-23-24-25-34(12-2)26-27-39(46)45-41-36(43(8,9)10)29-33(4)31-38(41)47-37-30-32(3)28-35(40(37)44)42(5,6)7/h28-31,34,44H,11-27H2,1-10H3. The third kappa shape index (κ3) is 15.3. The molecule has 2 aromatic rings. The van der Waals surface area contributed by atoms with Gasteiger partial charge in [-0.15, -0.1) is 0 Å². The Morgan fingerprint density at radius 1 is 0.681 bits per heavy atom. The number of benzene rings is 2. The third-order valence-corrected chi connectivity index (χ3v) is 10.9. The van der Waals surface area contributed by atoms with Crippen LogP contribution in [0.15, 0.2) is 34.1 Å². The molecule has 1 atom stereocenters. The molecular formula is C43H70O2S2. The molecule has 0 fully saturated rings. The van der Waals surface area contributed by atoms with Gasteiger partial charge >= 0.3 is 0 Å². The lowest BCUT2D eigenvalue weighted by Gasteiger charge is -2.26. The minimum atomic E-state index is -0.155. The lowest BCUT2D eigenvalue weighted by atomic mass is 9.85. The van der Waals surface area contributed by atoms with Crippen molar-refractivity contribution in [2.24, 2.45) is 5.92 Å². The van der Waals surface area contributed by atoms with Crippen molar-refractivity contribution < 1.29 is 9.84 Å². The largest absolute Gasteiger partial charge is 0.506 e. The zero-order valence-electron chi connectivity index (χ0n) is 32.1. The van der Waals surface area contributed by atoms with Gasteiger partial charge in [-0.2, -0.15) is 0 Å². The summed E-state index contributed by atoms with van der Waals surface area (Å²) in [7, 11) is 0. The van der Waals surface area contributed by atoms with Crippen LogP contribution < -0.4 is 4.74 Å². The van der Waals surface area contributed by atoms with E-state index in [1.165, 1.54) is 102 Å². The number of phenolic OH excluding ortho intramolecular Hbond substituents is 1. The minimum Gasteiger partial charge on any atom is -0.506 e. The van der Waals surface area contributed by atoms with Crippen molar-refractivity contribution in [1.29, 1.82) is 0 Å². The minimum absolute atomic E-state index is 0.113. The Morgan fingerprint density at radius 3 is 1.64 bits per heavy atom. The molecule has 0 amide bonds. The second-order valence-corrected chi connectivity index (χ2v) is 17.8. The maximum absolute atomic E-state index is 11.4. The highest BCUT2D eigenvalue weighted by molar-refractivity contribution is 7.99. The van der Waals surface area contributed by atoms with Gasteiger partial charge < -0.3 is 9.84 Å². The summed E-state index contributed by atoms with van der Waals surface area (Å²) in [6.45, 7) is 22.0. The van der Waals surface area contributed by atoms with Crippen LogP contribution in [0, 0.1) is 19.8 Å². The van der Waals surface area contributed by atoms with E-state index < -0.39 is 0 Å². The molecule has 0 heterocycles. The number of unbranched alkanes of at least 4 members (excludes halogenated alkanes) is 12. The molecule has 2 aromatic carbocycles. The lowest BCUT2D eigenvalue weighted by Crippen LogP contribution is -2.17. The SMILES string of the molecule is CCCCCCCCCCCCCCCC(CC)CCC(=S)Oc1c(Sc2cc(C)cc(C(C)(C)C)c2O)cc(C)cc1C(C)(C)C. The first-order chi connectivity index (χ1) is 22.2. The highest BCUT2D eigenvalue weighted by Gasteiger charge is 2.26. The second-order valence-electron chi connectivity index (χ2n) is 16.2. The number of ether oxygens (including phenoxy) is 1. The van der Waals surface area contributed by atoms with E-state index in [0.29, 0.717) is 16.7 Å². The summed E-state index contributed by atoms with van der Waals surface area (Å²) in [4.78, 5) is 1.87. The topological polar surface area (TPSA) is 29.5 Å². The third-order valence-electron chi connectivity index (χ3n) is 9.52. The van der Waals surface area contributed by atoms with Crippen molar-refractivity contribution in [3.8, 4) is 11.5 Å². The Balaban J connectivity index is 1.96. The summed E-state index contributed by atoms with van der Waals surface area (Å²) in [5, 5.41) is 12.0. The monoisotopic (exact) mass is 682 g/mol. The van der Waals surface area contributed by atoms with Crippen LogP contribution in [0.3, 0.4) is 0 Å². The molecule has 2 rings (SSSR count). The number of rotatable bonds is 21. The van der Waals surface area contributed by atoms with Crippen molar-refractivity contribution in [3.05, 3.63) is 46.5 Å². The Kier molecular flexibility index (Phi) is 18.5. The maximum atomic E-state index is 11.4. The molecule has 0 bridgehead atoms. The van der Waals surface area contributed by atoms with Crippen LogP contribution in [0.2, 0.25) is 0 Å². The van der Waals surface area contributed by atoms with E-state index in [2.05, 4.69) is 93.5 Å². The molecule has 0 saturated carbocycles. The Morgan fingerprint density at radius 2 is 1.15 bits per heavy atom. The summed E-state index contributed by atoms with van der Waals surface area (Å²) >= 11 is 7.51. The van der Waals surface area contributed by atoms with Crippen molar-refractivity contribution in [2.45, 2.75) is 199 Å². The van der Waals surface area contributed by atoms with Gasteiger partial charge in [0.1, 0.15) is 11.5 Å². The molecule has 1 N–H and O–H groups in total. The lowest BCUT2D eigenvalue weighted by molar-refractivity contribution is 0.406. The van der Waals surface area contributed by atoms with E-state index in [0.717, 1.165) is 45.1 Å². The van der Waals surface area contributed by atoms with Crippen LogP contribution in [-0.2, 0) is 10.8 Å². The molecule has 0 spiro atoms. The molecule has 266 valence electrons. The van der Waals surface area contributed by atoms with Crippen LogP contribution in [0.1, 0.15) is 187 Å². The first-order valence-corrected chi connectivity index (χ1v) is 20.3. The van der Waals surface area contributed by atoms with E-state index in [4.69, 9.17) is 17.0 Å². The fraction of sp³-hybridized carbons (Fsp3) is 0.698. The summed E-state index contributed by atoms with van der Waals surface area (Å²) in [5.74, 6) is 1.90. The van der Waals surface area contributed by atoms with Gasteiger partial charge in [0.05, 0.1) is 9.79 Å². The number of hydrogen-bond donors (Lipinski definition) is 1. The molecule has 0 aliphatic heterocycles. The zero-order chi connectivity index (χ0) is 35.0. The van der Waals surface area contributed by atoms with E-state index in [9.17, 15) is 5.11 Å². The van der Waals surface area contributed by atoms with Gasteiger partial charge in [-0.25, -0.2) is 0 Å². The fourth-order valence-corrected chi connectivity index (χ4v) is 7.86. The van der Waals surface area contributed by atoms with Gasteiger partial charge in [-0.05, 0) is 72.5 Å². The van der Waals surface area contributed by atoms with Crippen LogP contribution >= 0.6 is 24.0 Å². The molecule has 1 unspecified atom stereocenters. The van der Waals surface area contributed by atoms with Gasteiger partial charge in [0.15, 0.2) is 5.05 Å². The average molecular weight is 683 g/mol. The number of hydrogen-bond acceptors (Lipinski definition) is 4. The molecule has 47 heavy (non-hydrogen) atoms. The van der Waals surface area contributed by atoms with Crippen molar-refractivity contribution in [2.75, 3.05) is 0 Å². The first kappa shape index (κ1) is 41.7. The van der Waals surface area contributed by atoms with Crippen LogP contribution in [-0.4, -0.2) is 10.2 Å². The van der Waals surface area contributed by atoms with E-state index in [-0.39, 0.29) is 10.8 Å². The quantitative estimate of drug-likeness (QED) is 0.105. The fourth-order valence-electron chi connectivity index (χ4n) is 6.48. The highest BCUT2D eigenvalue weighted by atomic mass is 32.2. The van der Waals surface area contributed by atoms with Gasteiger partial charge in [-0.3, -0.25) is 0 Å². The molecule has 2 nitrogen and oxygen atoms in total. The normalized spacial score (nSPS) is 12.8. The molecule has 4 heteroatoms. The van der Waals surface area contributed by atoms with Crippen LogP contribution in [0.4, 0.5) is 0 Å². The molecule has 0 aliphatic carbocycles. The molecule has 0 aromatic heterocycles. The number of aryl methyl sites for hydroxylation is 2. The van der Waals surface area contributed by atoms with Crippen molar-refractivity contribution in [1.82, 2.24) is 0 Å². The summed E-state index contributed by atoms with van der Waals surface area (Å²) in [6, 6.07) is 8.60. The van der Waals surface area contributed by atoms with Gasteiger partial charge in [0.2, 0.25) is 0 Å². The molecule has 0 radical (unpaired) electrons. The predicted molar refractivity (Wildman–Crippen MR) is 212 cm³/mol. The Labute approximate surface area is 300 Å². The molecule has 0 aliphatic rings. The summed E-state index contributed by atoms with van der Waals surface area (Å²) in [6.07, 6.45) is 22.6. The van der Waals surface area contributed by atoms with Crippen molar-refractivity contribution in [3.63, 3.8) is 0 Å². The zero-order valence-corrected chi connectivity index (χ0v) is 33.7. The number of aromatic hydroxyl groups is 1. The highest BCUT2D eigenvalue weighted by Crippen LogP contribution is 2.47. The number of phenols is 1. The summed E-state index contributed by atoms with van der Waals surface area (Å²) < 4.78 is 6.64. The van der Waals surface area contributed by atoms with E-state index in [1.807, 2.05) is 0 Å². The Bertz CT molecular complexity index is 1220. The van der Waals surface area contributed by atoms with Crippen LogP contribution in [0.25, 0.3) is 0 Å². The smallest absolute Gasteiger partial charge is 0.167 e. The van der Waals surface area contributed by atoms with Gasteiger partial charge in [-0.1, -0.05) is 176 Å². The van der Waals surface area contributed by atoms with E-state index >= 15 is 0 Å². The molecule has 0 saturated heterocycles. The van der Waals surface area contributed by atoms with Gasteiger partial charge in [0.25, 0.3) is 0 Å². The second kappa shape index (κ2) is 20.9. The first-order valence-electron chi connectivity index (χ1n) is 19.0. The van der Waals surface area contributed by atoms with Crippen molar-refractivity contribution >= 4 is 29.0 Å². The molecular weight excluding hydrogens is 613 g/mol. The summed E-state index contributed by atoms with van der Waals surface area (Å²) in [5.41, 5.74) is 4.18. The maximum Gasteiger partial charge on any atom is 0.167 e. The average Bonchev–Trinajstić information content (AvgIpc) is 2.98.